The van der Waals surface area contributed by atoms with Crippen LogP contribution in [0.5, 0.6) is 5.75 Å². The fourth-order valence-electron chi connectivity index (χ4n) is 3.84. The second-order valence-corrected chi connectivity index (χ2v) is 7.28. The number of hydrogen-bond donors (Lipinski definition) is 1. The average Bonchev–Trinajstić information content (AvgIpc) is 2.74. The van der Waals surface area contributed by atoms with Gasteiger partial charge in [0.15, 0.2) is 0 Å². The number of anilines is 1. The predicted molar refractivity (Wildman–Crippen MR) is 109 cm³/mol. The number of fused-ring (bicyclic) bond motifs is 1. The molecule has 0 aromatic heterocycles. The Labute approximate surface area is 165 Å². The number of para-hydroxylation sites is 2. The van der Waals surface area contributed by atoms with Crippen LogP contribution in [0.1, 0.15) is 5.56 Å². The van der Waals surface area contributed by atoms with E-state index in [1.165, 1.54) is 0 Å². The van der Waals surface area contributed by atoms with Crippen molar-refractivity contribution >= 4 is 11.4 Å². The largest absolute Gasteiger partial charge is 0.495 e. The van der Waals surface area contributed by atoms with Crippen LogP contribution in [0.25, 0.3) is 0 Å². The maximum atomic E-state index is 10.5. The van der Waals surface area contributed by atoms with Gasteiger partial charge in [-0.1, -0.05) is 35.6 Å². The molecule has 1 fully saturated rings. The smallest absolute Gasteiger partial charge is 0.142 e. The molecule has 2 aromatic rings. The summed E-state index contributed by atoms with van der Waals surface area (Å²) in [6.07, 6.45) is -0.456. The Morgan fingerprint density at radius 1 is 1.00 bits per heavy atom. The first-order valence-electron chi connectivity index (χ1n) is 9.76. The molecule has 1 N–H and O–H groups in total. The zero-order chi connectivity index (χ0) is 19.3. The topological polar surface area (TPSA) is 63.9 Å². The molecule has 1 atom stereocenters. The van der Waals surface area contributed by atoms with E-state index in [1.54, 1.807) is 7.11 Å². The molecule has 0 amide bonds. The van der Waals surface area contributed by atoms with E-state index in [0.717, 1.165) is 48.9 Å². The number of β-amino-alcohol motifs (C(OH)–C–C–N with tert-alkyl or cyclic N) is 1. The van der Waals surface area contributed by atoms with Crippen LogP contribution in [0.3, 0.4) is 0 Å². The molecule has 2 aliphatic rings. The lowest BCUT2D eigenvalue weighted by molar-refractivity contribution is 0.0659. The number of piperazine rings is 1. The van der Waals surface area contributed by atoms with Gasteiger partial charge in [0.1, 0.15) is 5.75 Å². The van der Waals surface area contributed by atoms with Gasteiger partial charge in [-0.3, -0.25) is 9.91 Å². The number of nitrogens with zero attached hydrogens (tertiary/aromatic N) is 5. The highest BCUT2D eigenvalue weighted by atomic mass is 16.5. The van der Waals surface area contributed by atoms with Crippen molar-refractivity contribution in [1.82, 2.24) is 9.91 Å². The molecule has 0 radical (unpaired) electrons. The van der Waals surface area contributed by atoms with Crippen molar-refractivity contribution < 1.29 is 9.84 Å². The summed E-state index contributed by atoms with van der Waals surface area (Å²) >= 11 is 0. The third-order valence-corrected chi connectivity index (χ3v) is 5.31. The summed E-state index contributed by atoms with van der Waals surface area (Å²) < 4.78 is 5.48. The van der Waals surface area contributed by atoms with Gasteiger partial charge in [0.05, 0.1) is 37.7 Å². The zero-order valence-corrected chi connectivity index (χ0v) is 16.2. The van der Waals surface area contributed by atoms with E-state index in [9.17, 15) is 5.11 Å². The Balaban J connectivity index is 1.26. The highest BCUT2D eigenvalue weighted by molar-refractivity contribution is 5.58. The molecule has 28 heavy (non-hydrogen) atoms. The third kappa shape index (κ3) is 4.26. The van der Waals surface area contributed by atoms with Gasteiger partial charge in [-0.25, -0.2) is 0 Å². The SMILES string of the molecule is COc1ccccc1N1CCN(CC(O)CN2Cc3ccccc3N=N2)CC1. The summed E-state index contributed by atoms with van der Waals surface area (Å²) in [4.78, 5) is 4.66. The molecule has 4 rings (SSSR count). The number of hydrogen-bond acceptors (Lipinski definition) is 7. The fraction of sp³-hybridized carbons (Fsp3) is 0.429. The minimum absolute atomic E-state index is 0.456. The summed E-state index contributed by atoms with van der Waals surface area (Å²) in [5.74, 6) is 0.909. The van der Waals surface area contributed by atoms with Crippen molar-refractivity contribution in [2.75, 3.05) is 51.3 Å². The molecule has 148 valence electrons. The molecule has 1 saturated heterocycles. The van der Waals surface area contributed by atoms with Crippen molar-refractivity contribution in [3.05, 3.63) is 54.1 Å². The van der Waals surface area contributed by atoms with Crippen molar-refractivity contribution in [3.8, 4) is 5.75 Å². The molecule has 1 unspecified atom stereocenters. The van der Waals surface area contributed by atoms with Crippen LogP contribution in [-0.2, 0) is 6.54 Å². The first-order valence-corrected chi connectivity index (χ1v) is 9.76. The van der Waals surface area contributed by atoms with Crippen LogP contribution in [0, 0.1) is 0 Å². The van der Waals surface area contributed by atoms with Gasteiger partial charge in [-0.2, -0.15) is 0 Å². The molecule has 2 aromatic carbocycles. The first-order chi connectivity index (χ1) is 13.7. The van der Waals surface area contributed by atoms with Gasteiger partial charge in [-0.15, -0.1) is 5.11 Å². The molecular weight excluding hydrogens is 354 g/mol. The predicted octanol–water partition coefficient (Wildman–Crippen LogP) is 2.69. The molecule has 7 heteroatoms. The summed E-state index contributed by atoms with van der Waals surface area (Å²) in [6.45, 7) is 5.50. The van der Waals surface area contributed by atoms with E-state index in [4.69, 9.17) is 4.74 Å². The van der Waals surface area contributed by atoms with Gasteiger partial charge in [0.2, 0.25) is 0 Å². The summed E-state index contributed by atoms with van der Waals surface area (Å²) in [5.41, 5.74) is 3.20. The number of rotatable bonds is 6. The summed E-state index contributed by atoms with van der Waals surface area (Å²) in [7, 11) is 1.71. The normalized spacial score (nSPS) is 18.1. The molecule has 0 spiro atoms. The maximum absolute atomic E-state index is 10.5. The number of aliphatic hydroxyl groups excluding tert-OH is 1. The van der Waals surface area contributed by atoms with Crippen molar-refractivity contribution in [1.29, 1.82) is 0 Å². The monoisotopic (exact) mass is 381 g/mol. The van der Waals surface area contributed by atoms with Crippen molar-refractivity contribution in [3.63, 3.8) is 0 Å². The van der Waals surface area contributed by atoms with Gasteiger partial charge < -0.3 is 14.7 Å². The highest BCUT2D eigenvalue weighted by Crippen LogP contribution is 2.28. The second-order valence-electron chi connectivity index (χ2n) is 7.28. The van der Waals surface area contributed by atoms with Gasteiger partial charge in [0.25, 0.3) is 0 Å². The van der Waals surface area contributed by atoms with E-state index in [-0.39, 0.29) is 0 Å². The number of benzene rings is 2. The quantitative estimate of drug-likeness (QED) is 0.834. The molecule has 0 saturated carbocycles. The second kappa shape index (κ2) is 8.58. The minimum Gasteiger partial charge on any atom is -0.495 e. The lowest BCUT2D eigenvalue weighted by Gasteiger charge is -2.37. The van der Waals surface area contributed by atoms with Gasteiger partial charge in [-0.05, 0) is 18.2 Å². The van der Waals surface area contributed by atoms with Crippen LogP contribution in [0.4, 0.5) is 11.4 Å². The number of aliphatic hydroxyl groups is 1. The Morgan fingerprint density at radius 3 is 2.57 bits per heavy atom. The first kappa shape index (κ1) is 18.7. The molecular formula is C21H27N5O2. The highest BCUT2D eigenvalue weighted by Gasteiger charge is 2.23. The van der Waals surface area contributed by atoms with Crippen LogP contribution in [0.2, 0.25) is 0 Å². The molecule has 0 bridgehead atoms. The van der Waals surface area contributed by atoms with Crippen LogP contribution >= 0.6 is 0 Å². The van der Waals surface area contributed by atoms with E-state index in [1.807, 2.05) is 41.4 Å². The zero-order valence-electron chi connectivity index (χ0n) is 16.2. The van der Waals surface area contributed by atoms with E-state index in [0.29, 0.717) is 19.6 Å². The number of methoxy groups -OCH3 is 1. The van der Waals surface area contributed by atoms with Crippen molar-refractivity contribution in [2.45, 2.75) is 12.6 Å². The van der Waals surface area contributed by atoms with Crippen LogP contribution in [-0.4, -0.2) is 67.5 Å². The summed E-state index contributed by atoms with van der Waals surface area (Å²) in [5, 5.41) is 20.9. The Bertz CT molecular complexity index is 820. The Hall–Kier alpha value is -2.64. The van der Waals surface area contributed by atoms with Crippen LogP contribution in [0.15, 0.2) is 58.9 Å². The van der Waals surface area contributed by atoms with E-state index >= 15 is 0 Å². The van der Waals surface area contributed by atoms with E-state index < -0.39 is 6.10 Å². The number of ether oxygens (including phenoxy) is 1. The molecule has 2 aliphatic heterocycles. The molecule has 2 heterocycles. The fourth-order valence-corrected chi connectivity index (χ4v) is 3.84. The Kier molecular flexibility index (Phi) is 5.73. The third-order valence-electron chi connectivity index (χ3n) is 5.31. The Morgan fingerprint density at radius 2 is 1.75 bits per heavy atom. The van der Waals surface area contributed by atoms with Gasteiger partial charge >= 0.3 is 0 Å². The lowest BCUT2D eigenvalue weighted by atomic mass is 10.1. The van der Waals surface area contributed by atoms with Gasteiger partial charge in [0, 0.05) is 38.3 Å². The summed E-state index contributed by atoms with van der Waals surface area (Å²) in [6, 6.07) is 16.1. The standard InChI is InChI=1S/C21H27N5O2/c1-28-21-9-5-4-8-20(21)25-12-10-24(11-13-25)15-18(27)16-26-14-17-6-2-3-7-19(17)22-23-26/h2-9,18,27H,10-16H2,1H3. The van der Waals surface area contributed by atoms with Crippen LogP contribution < -0.4 is 9.64 Å². The minimum atomic E-state index is -0.456. The average molecular weight is 381 g/mol. The van der Waals surface area contributed by atoms with E-state index in [2.05, 4.69) is 32.3 Å². The maximum Gasteiger partial charge on any atom is 0.142 e. The molecule has 7 nitrogen and oxygen atoms in total. The van der Waals surface area contributed by atoms with Crippen molar-refractivity contribution in [2.24, 2.45) is 10.3 Å². The molecule has 0 aliphatic carbocycles. The lowest BCUT2D eigenvalue weighted by Crippen LogP contribution is -2.49.